The highest BCUT2D eigenvalue weighted by atomic mass is 32.2. The average molecular weight is 330 g/mol. The zero-order valence-electron chi connectivity index (χ0n) is 11.8. The van der Waals surface area contributed by atoms with E-state index < -0.39 is 30.7 Å². The number of urea groups is 1. The number of hydrogen-bond donors (Lipinski definition) is 3. The van der Waals surface area contributed by atoms with Crippen LogP contribution in [0.5, 0.6) is 0 Å². The predicted octanol–water partition coefficient (Wildman–Crippen LogP) is -0.558. The molecule has 0 aliphatic heterocycles. The van der Waals surface area contributed by atoms with E-state index in [2.05, 4.69) is 10.6 Å². The molecule has 2 amide bonds. The summed E-state index contributed by atoms with van der Waals surface area (Å²) in [6, 6.07) is 0.0371. The Morgan fingerprint density at radius 2 is 1.60 bits per heavy atom. The highest BCUT2D eigenvalue weighted by Crippen LogP contribution is 2.14. The summed E-state index contributed by atoms with van der Waals surface area (Å²) in [6.07, 6.45) is 0.591. The van der Waals surface area contributed by atoms with E-state index in [4.69, 9.17) is 17.8 Å². The minimum Gasteiger partial charge on any atom is -0.377 e. The van der Waals surface area contributed by atoms with Crippen LogP contribution in [0.4, 0.5) is 4.79 Å². The Hall–Kier alpha value is -0.723. The normalized spacial score (nSPS) is 12.2. The number of amides is 2. The van der Waals surface area contributed by atoms with Crippen LogP contribution in [-0.4, -0.2) is 68.0 Å². The van der Waals surface area contributed by atoms with Crippen molar-refractivity contribution in [3.05, 3.63) is 0 Å². The lowest BCUT2D eigenvalue weighted by molar-refractivity contribution is 0.123. The Labute approximate surface area is 120 Å². The summed E-state index contributed by atoms with van der Waals surface area (Å²) >= 11 is 0. The molecule has 0 atom stereocenters. The van der Waals surface area contributed by atoms with Gasteiger partial charge in [0.25, 0.3) is 10.1 Å². The first-order valence-electron chi connectivity index (χ1n) is 5.91. The maximum atomic E-state index is 11.3. The molecule has 0 fully saturated rings. The summed E-state index contributed by atoms with van der Waals surface area (Å²) in [4.78, 5) is 11.3. The van der Waals surface area contributed by atoms with Crippen molar-refractivity contribution < 1.29 is 31.0 Å². The third-order valence-corrected chi connectivity index (χ3v) is 6.08. The van der Waals surface area contributed by atoms with Crippen molar-refractivity contribution in [2.75, 3.05) is 40.2 Å². The average Bonchev–Trinajstić information content (AvgIpc) is 2.38. The van der Waals surface area contributed by atoms with E-state index in [1.807, 2.05) is 0 Å². The zero-order valence-corrected chi connectivity index (χ0v) is 13.7. The van der Waals surface area contributed by atoms with E-state index in [0.717, 1.165) is 0 Å². The molecule has 0 aliphatic rings. The molecule has 0 spiro atoms. The molecule has 11 heteroatoms. The van der Waals surface area contributed by atoms with Crippen LogP contribution in [0.15, 0.2) is 0 Å². The SMILES string of the molecule is CO[Si](CCCNC(=O)NCCS(=O)(=O)O)(OC)OC. The van der Waals surface area contributed by atoms with Gasteiger partial charge in [-0.2, -0.15) is 8.42 Å². The van der Waals surface area contributed by atoms with Gasteiger partial charge in [0.05, 0.1) is 5.75 Å². The van der Waals surface area contributed by atoms with Crippen LogP contribution in [0, 0.1) is 0 Å². The lowest BCUT2D eigenvalue weighted by Gasteiger charge is -2.24. The van der Waals surface area contributed by atoms with Crippen molar-refractivity contribution >= 4 is 25.0 Å². The summed E-state index contributed by atoms with van der Waals surface area (Å²) < 4.78 is 45.0. The molecule has 0 unspecified atom stereocenters. The molecule has 0 aliphatic carbocycles. The third-order valence-electron chi connectivity index (χ3n) is 2.52. The van der Waals surface area contributed by atoms with E-state index in [-0.39, 0.29) is 6.54 Å². The van der Waals surface area contributed by atoms with Gasteiger partial charge in [-0.05, 0) is 6.42 Å². The summed E-state index contributed by atoms with van der Waals surface area (Å²) in [5, 5.41) is 4.85. The van der Waals surface area contributed by atoms with Crippen LogP contribution in [0.1, 0.15) is 6.42 Å². The maximum absolute atomic E-state index is 11.3. The quantitative estimate of drug-likeness (QED) is 0.279. The first kappa shape index (κ1) is 19.3. The Morgan fingerprint density at radius 1 is 1.10 bits per heavy atom. The number of nitrogens with one attached hydrogen (secondary N) is 2. The Kier molecular flexibility index (Phi) is 8.92. The Balaban J connectivity index is 3.82. The zero-order chi connectivity index (χ0) is 15.6. The second-order valence-electron chi connectivity index (χ2n) is 3.87. The molecule has 120 valence electrons. The van der Waals surface area contributed by atoms with Crippen molar-refractivity contribution in [2.45, 2.75) is 12.5 Å². The van der Waals surface area contributed by atoms with Gasteiger partial charge in [0.2, 0.25) is 0 Å². The molecular weight excluding hydrogens is 308 g/mol. The summed E-state index contributed by atoms with van der Waals surface area (Å²) in [5.74, 6) is -0.520. The molecule has 0 aromatic rings. The van der Waals surface area contributed by atoms with E-state index in [1.165, 1.54) is 21.3 Å². The lowest BCUT2D eigenvalue weighted by Crippen LogP contribution is -2.44. The van der Waals surface area contributed by atoms with E-state index >= 15 is 0 Å². The predicted molar refractivity (Wildman–Crippen MR) is 74.0 cm³/mol. The van der Waals surface area contributed by atoms with Gasteiger partial charge in [0.1, 0.15) is 0 Å². The number of rotatable bonds is 10. The van der Waals surface area contributed by atoms with Gasteiger partial charge in [-0.15, -0.1) is 0 Å². The number of carbonyl (C=O) groups excluding carboxylic acids is 1. The van der Waals surface area contributed by atoms with Gasteiger partial charge in [0, 0.05) is 40.5 Å². The van der Waals surface area contributed by atoms with Gasteiger partial charge in [0.15, 0.2) is 0 Å². The number of carbonyl (C=O) groups is 1. The van der Waals surface area contributed by atoms with Crippen LogP contribution in [-0.2, 0) is 23.4 Å². The Morgan fingerprint density at radius 3 is 2.05 bits per heavy atom. The fraction of sp³-hybridized carbons (Fsp3) is 0.889. The molecule has 0 bridgehead atoms. The summed E-state index contributed by atoms with van der Waals surface area (Å²) in [5.41, 5.74) is 0. The molecule has 0 heterocycles. The van der Waals surface area contributed by atoms with E-state index in [9.17, 15) is 13.2 Å². The van der Waals surface area contributed by atoms with Crippen LogP contribution >= 0.6 is 0 Å². The summed E-state index contributed by atoms with van der Waals surface area (Å²) in [6.45, 7) is 0.208. The Bertz CT molecular complexity index is 377. The molecule has 20 heavy (non-hydrogen) atoms. The van der Waals surface area contributed by atoms with Crippen molar-refractivity contribution in [3.8, 4) is 0 Å². The molecule has 0 saturated heterocycles. The first-order chi connectivity index (χ1) is 9.28. The van der Waals surface area contributed by atoms with Crippen molar-refractivity contribution in [1.29, 1.82) is 0 Å². The minimum absolute atomic E-state index is 0.155. The van der Waals surface area contributed by atoms with Crippen molar-refractivity contribution in [3.63, 3.8) is 0 Å². The molecule has 0 saturated carbocycles. The van der Waals surface area contributed by atoms with Gasteiger partial charge in [-0.25, -0.2) is 4.79 Å². The largest absolute Gasteiger partial charge is 0.500 e. The fourth-order valence-corrected chi connectivity index (χ4v) is 3.50. The molecule has 0 aromatic heterocycles. The van der Waals surface area contributed by atoms with Crippen LogP contribution in [0.3, 0.4) is 0 Å². The molecule has 9 nitrogen and oxygen atoms in total. The highest BCUT2D eigenvalue weighted by Gasteiger charge is 2.36. The van der Waals surface area contributed by atoms with Crippen molar-refractivity contribution in [2.24, 2.45) is 0 Å². The van der Waals surface area contributed by atoms with Gasteiger partial charge >= 0.3 is 14.8 Å². The summed E-state index contributed by atoms with van der Waals surface area (Å²) in [7, 11) is -2.16. The van der Waals surface area contributed by atoms with E-state index in [1.54, 1.807) is 0 Å². The molecular formula is C9H22N2O7SSi. The van der Waals surface area contributed by atoms with Gasteiger partial charge in [-0.1, -0.05) is 0 Å². The molecule has 3 N–H and O–H groups in total. The highest BCUT2D eigenvalue weighted by molar-refractivity contribution is 7.85. The fourth-order valence-electron chi connectivity index (χ4n) is 1.42. The van der Waals surface area contributed by atoms with Crippen LogP contribution < -0.4 is 10.6 Å². The molecule has 0 rings (SSSR count). The van der Waals surface area contributed by atoms with Gasteiger partial charge in [-0.3, -0.25) is 4.55 Å². The standard InChI is InChI=1S/C9H22N2O7SSi/c1-16-20(17-2,18-3)8-4-5-10-9(12)11-6-7-19(13,14)15/h4-8H2,1-3H3,(H2,10,11,12)(H,13,14,15). The second-order valence-corrected chi connectivity index (χ2v) is 8.53. The second kappa shape index (κ2) is 9.26. The monoisotopic (exact) mass is 330 g/mol. The van der Waals surface area contributed by atoms with Crippen molar-refractivity contribution in [1.82, 2.24) is 10.6 Å². The van der Waals surface area contributed by atoms with E-state index in [0.29, 0.717) is 19.0 Å². The maximum Gasteiger partial charge on any atom is 0.500 e. The molecule has 0 aromatic carbocycles. The topological polar surface area (TPSA) is 123 Å². The minimum atomic E-state index is -4.06. The first-order valence-corrected chi connectivity index (χ1v) is 9.45. The van der Waals surface area contributed by atoms with Crippen LogP contribution in [0.25, 0.3) is 0 Å². The lowest BCUT2D eigenvalue weighted by atomic mass is 10.5. The van der Waals surface area contributed by atoms with Gasteiger partial charge < -0.3 is 23.9 Å². The third kappa shape index (κ3) is 8.45. The molecule has 0 radical (unpaired) electrons. The van der Waals surface area contributed by atoms with Crippen LogP contribution in [0.2, 0.25) is 6.04 Å². The smallest absolute Gasteiger partial charge is 0.377 e. The number of hydrogen-bond acceptors (Lipinski definition) is 6.